The van der Waals surface area contributed by atoms with Gasteiger partial charge in [-0.2, -0.15) is 4.31 Å². The van der Waals surface area contributed by atoms with Gasteiger partial charge in [0.2, 0.25) is 10.0 Å². The summed E-state index contributed by atoms with van der Waals surface area (Å²) >= 11 is 1.53. The van der Waals surface area contributed by atoms with Gasteiger partial charge in [-0.05, 0) is 37.8 Å². The van der Waals surface area contributed by atoms with Gasteiger partial charge in [-0.1, -0.05) is 19.8 Å². The molecule has 0 spiro atoms. The number of hydrogen-bond acceptors (Lipinski definition) is 4. The predicted molar refractivity (Wildman–Crippen MR) is 83.6 cm³/mol. The first-order valence-electron chi connectivity index (χ1n) is 7.25. The van der Waals surface area contributed by atoms with Crippen LogP contribution >= 0.6 is 11.3 Å². The highest BCUT2D eigenvalue weighted by Gasteiger charge is 2.34. The van der Waals surface area contributed by atoms with Crippen LogP contribution in [0.5, 0.6) is 0 Å². The Balaban J connectivity index is 2.40. The van der Waals surface area contributed by atoms with Gasteiger partial charge in [-0.15, -0.1) is 11.3 Å². The zero-order chi connectivity index (χ0) is 14.8. The van der Waals surface area contributed by atoms with Crippen molar-refractivity contribution >= 4 is 21.4 Å². The van der Waals surface area contributed by atoms with Crippen LogP contribution in [0.25, 0.3) is 0 Å². The second-order valence-electron chi connectivity index (χ2n) is 5.35. The number of rotatable bonds is 6. The van der Waals surface area contributed by atoms with Gasteiger partial charge in [-0.3, -0.25) is 0 Å². The second kappa shape index (κ2) is 6.56. The molecule has 0 aliphatic heterocycles. The van der Waals surface area contributed by atoms with Gasteiger partial charge in [0, 0.05) is 24.0 Å². The maximum atomic E-state index is 13.0. The summed E-state index contributed by atoms with van der Waals surface area (Å²) in [6, 6.07) is 0.187. The highest BCUT2D eigenvalue weighted by molar-refractivity contribution is 7.89. The lowest BCUT2D eigenvalue weighted by atomic mass is 10.2. The minimum Gasteiger partial charge on any atom is -0.315 e. The fourth-order valence-electron chi connectivity index (χ4n) is 3.05. The van der Waals surface area contributed by atoms with Crippen molar-refractivity contribution in [3.05, 3.63) is 15.8 Å². The topological polar surface area (TPSA) is 49.4 Å². The Morgan fingerprint density at radius 3 is 2.60 bits per heavy atom. The van der Waals surface area contributed by atoms with Crippen molar-refractivity contribution in [2.24, 2.45) is 0 Å². The van der Waals surface area contributed by atoms with E-state index < -0.39 is 10.0 Å². The molecule has 0 saturated heterocycles. The van der Waals surface area contributed by atoms with E-state index >= 15 is 0 Å². The van der Waals surface area contributed by atoms with Crippen LogP contribution in [0, 0.1) is 6.92 Å². The lowest BCUT2D eigenvalue weighted by Gasteiger charge is -2.27. The third-order valence-corrected chi connectivity index (χ3v) is 7.43. The number of aryl methyl sites for hydroxylation is 1. The average molecular weight is 316 g/mol. The molecular formula is C14H24N2O2S2. The number of thiophene rings is 1. The van der Waals surface area contributed by atoms with Gasteiger partial charge in [0.25, 0.3) is 0 Å². The van der Waals surface area contributed by atoms with Crippen molar-refractivity contribution in [2.45, 2.75) is 57.0 Å². The maximum absolute atomic E-state index is 13.0. The van der Waals surface area contributed by atoms with Gasteiger partial charge < -0.3 is 5.32 Å². The Morgan fingerprint density at radius 1 is 1.40 bits per heavy atom. The van der Waals surface area contributed by atoms with E-state index in [-0.39, 0.29) is 6.04 Å². The zero-order valence-corrected chi connectivity index (χ0v) is 14.1. The quantitative estimate of drug-likeness (QED) is 0.878. The second-order valence-corrected chi connectivity index (χ2v) is 8.14. The zero-order valence-electron chi connectivity index (χ0n) is 12.5. The van der Waals surface area contributed by atoms with Gasteiger partial charge in [0.05, 0.1) is 0 Å². The molecule has 1 aliphatic rings. The minimum atomic E-state index is -3.37. The van der Waals surface area contributed by atoms with Crippen LogP contribution in [0.1, 0.15) is 43.0 Å². The standard InChI is InChI=1S/C14H24N2O2S2/c1-4-16(12-7-5-6-8-12)20(17,18)14-11(2)10-19-13(14)9-15-3/h10,12,15H,4-9H2,1-3H3. The summed E-state index contributed by atoms with van der Waals surface area (Å²) in [6.45, 7) is 5.00. The van der Waals surface area contributed by atoms with Crippen LogP contribution in [0.15, 0.2) is 10.3 Å². The molecule has 4 nitrogen and oxygen atoms in total. The van der Waals surface area contributed by atoms with Crippen molar-refractivity contribution in [3.63, 3.8) is 0 Å². The summed E-state index contributed by atoms with van der Waals surface area (Å²) < 4.78 is 27.8. The van der Waals surface area contributed by atoms with E-state index in [9.17, 15) is 8.42 Å². The van der Waals surface area contributed by atoms with Crippen LogP contribution in [0.3, 0.4) is 0 Å². The third kappa shape index (κ3) is 2.93. The molecule has 0 unspecified atom stereocenters. The van der Waals surface area contributed by atoms with Crippen LogP contribution in [-0.4, -0.2) is 32.4 Å². The Kier molecular flexibility index (Phi) is 5.23. The molecule has 0 radical (unpaired) electrons. The molecule has 1 saturated carbocycles. The van der Waals surface area contributed by atoms with E-state index in [1.54, 1.807) is 4.31 Å². The smallest absolute Gasteiger partial charge is 0.244 e. The van der Waals surface area contributed by atoms with Gasteiger partial charge in [0.1, 0.15) is 4.90 Å². The number of nitrogens with zero attached hydrogens (tertiary/aromatic N) is 1. The van der Waals surface area contributed by atoms with Crippen molar-refractivity contribution < 1.29 is 8.42 Å². The summed E-state index contributed by atoms with van der Waals surface area (Å²) in [5.74, 6) is 0. The van der Waals surface area contributed by atoms with E-state index in [2.05, 4.69) is 5.32 Å². The SMILES string of the molecule is CCN(C1CCCC1)S(=O)(=O)c1c(C)csc1CNC. The highest BCUT2D eigenvalue weighted by Crippen LogP contribution is 2.33. The fourth-order valence-corrected chi connectivity index (χ4v) is 6.52. The average Bonchev–Trinajstić information content (AvgIpc) is 3.01. The summed E-state index contributed by atoms with van der Waals surface area (Å²) in [7, 11) is -1.52. The lowest BCUT2D eigenvalue weighted by Crippen LogP contribution is -2.39. The normalized spacial score (nSPS) is 17.2. The first-order chi connectivity index (χ1) is 9.52. The van der Waals surface area contributed by atoms with Crippen molar-refractivity contribution in [2.75, 3.05) is 13.6 Å². The van der Waals surface area contributed by atoms with Crippen LogP contribution in [0.4, 0.5) is 0 Å². The molecule has 1 aliphatic carbocycles. The third-order valence-electron chi connectivity index (χ3n) is 3.94. The first kappa shape index (κ1) is 15.9. The number of hydrogen-bond donors (Lipinski definition) is 1. The molecule has 0 atom stereocenters. The lowest BCUT2D eigenvalue weighted by molar-refractivity contribution is 0.335. The van der Waals surface area contributed by atoms with Crippen molar-refractivity contribution in [1.29, 1.82) is 0 Å². The van der Waals surface area contributed by atoms with Crippen molar-refractivity contribution in [1.82, 2.24) is 9.62 Å². The van der Waals surface area contributed by atoms with E-state index in [4.69, 9.17) is 0 Å². The molecule has 1 aromatic rings. The first-order valence-corrected chi connectivity index (χ1v) is 9.57. The van der Waals surface area contributed by atoms with E-state index in [0.29, 0.717) is 18.0 Å². The van der Waals surface area contributed by atoms with Crippen LogP contribution in [0.2, 0.25) is 0 Å². The number of sulfonamides is 1. The fraction of sp³-hybridized carbons (Fsp3) is 0.714. The Morgan fingerprint density at radius 2 is 2.05 bits per heavy atom. The minimum absolute atomic E-state index is 0.187. The van der Waals surface area contributed by atoms with Crippen molar-refractivity contribution in [3.8, 4) is 0 Å². The Bertz CT molecular complexity index is 546. The maximum Gasteiger partial charge on any atom is 0.244 e. The largest absolute Gasteiger partial charge is 0.315 e. The highest BCUT2D eigenvalue weighted by atomic mass is 32.2. The van der Waals surface area contributed by atoms with E-state index in [1.165, 1.54) is 11.3 Å². The molecule has 6 heteroatoms. The number of nitrogens with one attached hydrogen (secondary N) is 1. The molecule has 1 heterocycles. The molecule has 2 rings (SSSR count). The van der Waals surface area contributed by atoms with Gasteiger partial charge in [-0.25, -0.2) is 8.42 Å². The van der Waals surface area contributed by atoms with E-state index in [1.807, 2.05) is 26.3 Å². The molecule has 114 valence electrons. The molecule has 0 amide bonds. The summed E-state index contributed by atoms with van der Waals surface area (Å²) in [4.78, 5) is 1.45. The molecule has 1 aromatic heterocycles. The summed E-state index contributed by atoms with van der Waals surface area (Å²) in [6.07, 6.45) is 4.28. The van der Waals surface area contributed by atoms with Gasteiger partial charge in [0.15, 0.2) is 0 Å². The van der Waals surface area contributed by atoms with Gasteiger partial charge >= 0.3 is 0 Å². The molecule has 1 fully saturated rings. The molecule has 20 heavy (non-hydrogen) atoms. The van der Waals surface area contributed by atoms with Crippen LogP contribution < -0.4 is 5.32 Å². The Labute approximate surface area is 126 Å². The molecule has 0 aromatic carbocycles. The monoisotopic (exact) mass is 316 g/mol. The molecular weight excluding hydrogens is 292 g/mol. The summed E-state index contributed by atoms with van der Waals surface area (Å²) in [5, 5.41) is 5.01. The van der Waals surface area contributed by atoms with Crippen LogP contribution in [-0.2, 0) is 16.6 Å². The predicted octanol–water partition coefficient (Wildman–Crippen LogP) is 2.73. The Hall–Kier alpha value is -0.430. The summed E-state index contributed by atoms with van der Waals surface area (Å²) in [5.41, 5.74) is 0.872. The van der Waals surface area contributed by atoms with E-state index in [0.717, 1.165) is 36.1 Å². The molecule has 0 bridgehead atoms. The molecule has 1 N–H and O–H groups in total.